The third-order valence-electron chi connectivity index (χ3n) is 4.92. The summed E-state index contributed by atoms with van der Waals surface area (Å²) < 4.78 is 11.7. The van der Waals surface area contributed by atoms with Crippen LogP contribution in [0.3, 0.4) is 0 Å². The molecule has 0 radical (unpaired) electrons. The maximum Gasteiger partial charge on any atom is 0.419 e. The summed E-state index contributed by atoms with van der Waals surface area (Å²) in [7, 11) is 0. The molecule has 0 fully saturated rings. The summed E-state index contributed by atoms with van der Waals surface area (Å²) in [6.45, 7) is 2.23. The van der Waals surface area contributed by atoms with E-state index < -0.39 is 17.8 Å². The molecule has 7 nitrogen and oxygen atoms in total. The van der Waals surface area contributed by atoms with Gasteiger partial charge < -0.3 is 14.5 Å². The third-order valence-corrected chi connectivity index (χ3v) is 4.92. The van der Waals surface area contributed by atoms with E-state index in [-0.39, 0.29) is 18.9 Å². The molecule has 1 N–H and O–H groups in total. The van der Waals surface area contributed by atoms with Gasteiger partial charge in [-0.2, -0.15) is 0 Å². The van der Waals surface area contributed by atoms with E-state index in [1.165, 1.54) is 23.0 Å². The molecule has 1 amide bonds. The largest absolute Gasteiger partial charge is 0.452 e. The van der Waals surface area contributed by atoms with Crippen molar-refractivity contribution in [2.24, 2.45) is 0 Å². The lowest BCUT2D eigenvalue weighted by Crippen LogP contribution is -2.36. The molecule has 1 atom stereocenters. The van der Waals surface area contributed by atoms with E-state index in [0.717, 1.165) is 19.3 Å². The number of hydrogen-bond donors (Lipinski definition) is 1. The molecule has 1 aliphatic carbocycles. The number of benzene rings is 1. The molecule has 0 saturated carbocycles. The number of para-hydroxylation sites is 2. The van der Waals surface area contributed by atoms with E-state index in [4.69, 9.17) is 9.15 Å². The minimum absolute atomic E-state index is 0.0199. The number of carbonyl (C=O) groups excluding carboxylic acids is 2. The molecular weight excluding hydrogens is 360 g/mol. The summed E-state index contributed by atoms with van der Waals surface area (Å²) in [5, 5.41) is 2.81. The standard InChI is InChI=1S/C21H26N2O5/c1-15(20(25)22-13-11-16-7-3-2-4-8-16)27-19(24)12-14-23-17-9-5-6-10-18(17)28-21(23)26/h5-7,9-10,15H,2-4,8,11-14H2,1H3,(H,22,25)/t15-/m0/s1. The van der Waals surface area contributed by atoms with E-state index >= 15 is 0 Å². The Morgan fingerprint density at radius 2 is 2.11 bits per heavy atom. The van der Waals surface area contributed by atoms with Crippen molar-refractivity contribution in [2.75, 3.05) is 6.54 Å². The van der Waals surface area contributed by atoms with Crippen LogP contribution in [0.2, 0.25) is 0 Å². The molecular formula is C21H26N2O5. The molecule has 0 spiro atoms. The summed E-state index contributed by atoms with van der Waals surface area (Å²) in [5.74, 6) is -1.36. The zero-order valence-corrected chi connectivity index (χ0v) is 16.1. The Balaban J connectivity index is 1.43. The lowest BCUT2D eigenvalue weighted by molar-refractivity contribution is -0.155. The molecule has 1 aliphatic rings. The molecule has 150 valence electrons. The van der Waals surface area contributed by atoms with Gasteiger partial charge in [0.2, 0.25) is 0 Å². The van der Waals surface area contributed by atoms with Crippen molar-refractivity contribution in [1.29, 1.82) is 0 Å². The fourth-order valence-corrected chi connectivity index (χ4v) is 3.36. The molecule has 0 unspecified atom stereocenters. The summed E-state index contributed by atoms with van der Waals surface area (Å²) in [6, 6.07) is 7.02. The molecule has 1 heterocycles. The average Bonchev–Trinajstić information content (AvgIpc) is 3.02. The van der Waals surface area contributed by atoms with Crippen LogP contribution >= 0.6 is 0 Å². The number of hydrogen-bond acceptors (Lipinski definition) is 5. The van der Waals surface area contributed by atoms with Crippen LogP contribution in [0.4, 0.5) is 0 Å². The first-order valence-electron chi connectivity index (χ1n) is 9.78. The van der Waals surface area contributed by atoms with Gasteiger partial charge in [0.15, 0.2) is 11.7 Å². The molecule has 0 bridgehead atoms. The molecule has 2 aromatic rings. The minimum atomic E-state index is -0.870. The summed E-state index contributed by atoms with van der Waals surface area (Å²) in [6.07, 6.45) is 6.87. The molecule has 28 heavy (non-hydrogen) atoms. The SMILES string of the molecule is C[C@H](OC(=O)CCn1c(=O)oc2ccccc21)C(=O)NCCC1=CCCCC1. The maximum absolute atomic E-state index is 12.1. The van der Waals surface area contributed by atoms with E-state index in [9.17, 15) is 14.4 Å². The maximum atomic E-state index is 12.1. The number of nitrogens with one attached hydrogen (secondary N) is 1. The van der Waals surface area contributed by atoms with Gasteiger partial charge >= 0.3 is 11.7 Å². The van der Waals surface area contributed by atoms with E-state index in [2.05, 4.69) is 11.4 Å². The number of ether oxygens (including phenoxy) is 1. The number of fused-ring (bicyclic) bond motifs is 1. The normalized spacial score (nSPS) is 15.1. The summed E-state index contributed by atoms with van der Waals surface area (Å²) in [5.41, 5.74) is 2.48. The number of aromatic nitrogens is 1. The molecule has 0 aliphatic heterocycles. The zero-order valence-electron chi connectivity index (χ0n) is 16.1. The predicted molar refractivity (Wildman–Crippen MR) is 105 cm³/mol. The van der Waals surface area contributed by atoms with Crippen LogP contribution in [0.15, 0.2) is 45.1 Å². The Morgan fingerprint density at radius 3 is 2.89 bits per heavy atom. The average molecular weight is 386 g/mol. The van der Waals surface area contributed by atoms with Gasteiger partial charge in [-0.25, -0.2) is 4.79 Å². The first kappa shape index (κ1) is 19.9. The van der Waals surface area contributed by atoms with Crippen LogP contribution in [-0.4, -0.2) is 29.1 Å². The van der Waals surface area contributed by atoms with Gasteiger partial charge in [0.1, 0.15) is 0 Å². The summed E-state index contributed by atoms with van der Waals surface area (Å²) >= 11 is 0. The van der Waals surface area contributed by atoms with Gasteiger partial charge in [-0.15, -0.1) is 0 Å². The number of esters is 1. The second-order valence-corrected chi connectivity index (χ2v) is 7.02. The second kappa shape index (κ2) is 9.39. The highest BCUT2D eigenvalue weighted by Crippen LogP contribution is 2.19. The lowest BCUT2D eigenvalue weighted by Gasteiger charge is -2.15. The number of amides is 1. The van der Waals surface area contributed by atoms with E-state index in [1.54, 1.807) is 31.2 Å². The molecule has 1 aromatic heterocycles. The van der Waals surface area contributed by atoms with Gasteiger partial charge in [0.05, 0.1) is 11.9 Å². The lowest BCUT2D eigenvalue weighted by atomic mass is 9.97. The monoisotopic (exact) mass is 386 g/mol. The van der Waals surface area contributed by atoms with Crippen molar-refractivity contribution in [3.63, 3.8) is 0 Å². The van der Waals surface area contributed by atoms with Gasteiger partial charge in [0, 0.05) is 13.1 Å². The number of nitrogens with zero attached hydrogens (tertiary/aromatic N) is 1. The quantitative estimate of drug-likeness (QED) is 0.556. The Morgan fingerprint density at radius 1 is 1.29 bits per heavy atom. The fourth-order valence-electron chi connectivity index (χ4n) is 3.36. The van der Waals surface area contributed by atoms with Crippen molar-refractivity contribution in [3.05, 3.63) is 46.5 Å². The van der Waals surface area contributed by atoms with Gasteiger partial charge in [-0.05, 0) is 51.2 Å². The van der Waals surface area contributed by atoms with Crippen molar-refractivity contribution in [3.8, 4) is 0 Å². The Labute approximate surface area is 163 Å². The van der Waals surface area contributed by atoms with Gasteiger partial charge in [-0.1, -0.05) is 23.8 Å². The van der Waals surface area contributed by atoms with Crippen LogP contribution in [0.5, 0.6) is 0 Å². The topological polar surface area (TPSA) is 90.5 Å². The Hall–Kier alpha value is -2.83. The van der Waals surface area contributed by atoms with Crippen molar-refractivity contribution >= 4 is 23.0 Å². The first-order valence-corrected chi connectivity index (χ1v) is 9.78. The number of carbonyl (C=O) groups is 2. The van der Waals surface area contributed by atoms with Crippen molar-refractivity contribution < 1.29 is 18.7 Å². The van der Waals surface area contributed by atoms with Crippen LogP contribution in [0.25, 0.3) is 11.1 Å². The number of oxazole rings is 1. The third kappa shape index (κ3) is 5.12. The van der Waals surface area contributed by atoms with Crippen molar-refractivity contribution in [2.45, 2.75) is 58.1 Å². The van der Waals surface area contributed by atoms with Crippen LogP contribution in [0.1, 0.15) is 45.4 Å². The number of allylic oxidation sites excluding steroid dienone is 1. The second-order valence-electron chi connectivity index (χ2n) is 7.02. The molecule has 7 heteroatoms. The smallest absolute Gasteiger partial charge is 0.419 e. The first-order chi connectivity index (χ1) is 13.5. The van der Waals surface area contributed by atoms with E-state index in [0.29, 0.717) is 17.6 Å². The molecule has 0 saturated heterocycles. The van der Waals surface area contributed by atoms with Crippen molar-refractivity contribution in [1.82, 2.24) is 9.88 Å². The zero-order chi connectivity index (χ0) is 19.9. The highest BCUT2D eigenvalue weighted by Gasteiger charge is 2.18. The summed E-state index contributed by atoms with van der Waals surface area (Å²) in [4.78, 5) is 36.1. The van der Waals surface area contributed by atoms with Gasteiger partial charge in [0.25, 0.3) is 5.91 Å². The minimum Gasteiger partial charge on any atom is -0.452 e. The number of rotatable bonds is 8. The van der Waals surface area contributed by atoms with Crippen LogP contribution in [0, 0.1) is 0 Å². The van der Waals surface area contributed by atoms with Crippen LogP contribution in [-0.2, 0) is 20.9 Å². The van der Waals surface area contributed by atoms with Crippen LogP contribution < -0.4 is 11.1 Å². The molecule has 1 aromatic carbocycles. The van der Waals surface area contributed by atoms with Gasteiger partial charge in [-0.3, -0.25) is 14.2 Å². The predicted octanol–water partition coefficient (Wildman–Crippen LogP) is 2.92. The number of aryl methyl sites for hydroxylation is 1. The highest BCUT2D eigenvalue weighted by molar-refractivity contribution is 5.83. The Bertz CT molecular complexity index is 924. The molecule has 3 rings (SSSR count). The van der Waals surface area contributed by atoms with E-state index in [1.807, 2.05) is 0 Å². The fraction of sp³-hybridized carbons (Fsp3) is 0.476. The Kier molecular flexibility index (Phi) is 6.68. The highest BCUT2D eigenvalue weighted by atomic mass is 16.5.